The van der Waals surface area contributed by atoms with Crippen LogP contribution in [0.2, 0.25) is 0 Å². The first-order valence-electron chi connectivity index (χ1n) is 8.78. The van der Waals surface area contributed by atoms with Gasteiger partial charge in [0.2, 0.25) is 0 Å². The number of hydrogen-bond acceptors (Lipinski definition) is 6. The van der Waals surface area contributed by atoms with Gasteiger partial charge in [0.25, 0.3) is 0 Å². The fourth-order valence-electron chi connectivity index (χ4n) is 4.47. The van der Waals surface area contributed by atoms with Gasteiger partial charge in [0.05, 0.1) is 34.1 Å². The van der Waals surface area contributed by atoms with Crippen LogP contribution in [0.3, 0.4) is 0 Å². The van der Waals surface area contributed by atoms with Crippen LogP contribution in [0.15, 0.2) is 36.5 Å². The molecule has 130 valence electrons. The Bertz CT molecular complexity index is 1150. The number of nitrogens with zero attached hydrogens (tertiary/aromatic N) is 2. The summed E-state index contributed by atoms with van der Waals surface area (Å²) in [6.45, 7) is 0.789. The maximum absolute atomic E-state index is 6.19. The molecular formula is C19H17N5OS. The third kappa shape index (κ3) is 1.95. The van der Waals surface area contributed by atoms with Crippen LogP contribution in [-0.4, -0.2) is 21.8 Å². The Balaban J connectivity index is 1.50. The van der Waals surface area contributed by atoms with Gasteiger partial charge in [0, 0.05) is 29.2 Å². The van der Waals surface area contributed by atoms with E-state index in [-0.39, 0.29) is 12.1 Å². The van der Waals surface area contributed by atoms with Crippen LogP contribution in [0.25, 0.3) is 21.1 Å². The number of H-pyrrole nitrogens is 1. The van der Waals surface area contributed by atoms with Gasteiger partial charge in [-0.05, 0) is 36.2 Å². The number of nitrogen functional groups attached to an aromatic ring is 1. The van der Waals surface area contributed by atoms with Crippen molar-refractivity contribution in [2.75, 3.05) is 17.7 Å². The summed E-state index contributed by atoms with van der Waals surface area (Å²) in [5, 5.41) is 12.8. The largest absolute Gasteiger partial charge is 0.378 e. The Kier molecular flexibility index (Phi) is 2.90. The average Bonchev–Trinajstić information content (AvgIpc) is 3.37. The Morgan fingerprint density at radius 2 is 2.19 bits per heavy atom. The van der Waals surface area contributed by atoms with Crippen LogP contribution in [0.1, 0.15) is 29.7 Å². The molecule has 2 aromatic heterocycles. The topological polar surface area (TPSA) is 88.8 Å². The molecule has 0 unspecified atom stereocenters. The van der Waals surface area contributed by atoms with Gasteiger partial charge < -0.3 is 15.8 Å². The maximum atomic E-state index is 6.19. The number of rotatable bonds is 1. The van der Waals surface area contributed by atoms with Crippen molar-refractivity contribution in [3.8, 4) is 0 Å². The number of benzene rings is 2. The summed E-state index contributed by atoms with van der Waals surface area (Å²) in [5.41, 5.74) is 11.5. The minimum absolute atomic E-state index is 0.0970. The van der Waals surface area contributed by atoms with Crippen LogP contribution in [0.4, 0.5) is 10.8 Å². The van der Waals surface area contributed by atoms with Crippen LogP contribution < -0.4 is 11.1 Å². The van der Waals surface area contributed by atoms with E-state index in [2.05, 4.69) is 50.8 Å². The Morgan fingerprint density at radius 3 is 3.15 bits per heavy atom. The van der Waals surface area contributed by atoms with Gasteiger partial charge in [-0.1, -0.05) is 17.4 Å². The molecule has 3 atom stereocenters. The van der Waals surface area contributed by atoms with E-state index in [1.807, 2.05) is 6.20 Å². The Labute approximate surface area is 153 Å². The van der Waals surface area contributed by atoms with E-state index in [1.165, 1.54) is 22.5 Å². The van der Waals surface area contributed by atoms with E-state index in [9.17, 15) is 0 Å². The molecule has 2 aliphatic rings. The number of aromatic nitrogens is 3. The molecule has 6 rings (SSSR count). The lowest BCUT2D eigenvalue weighted by Gasteiger charge is -2.36. The summed E-state index contributed by atoms with van der Waals surface area (Å²) < 4.78 is 7.33. The first-order valence-corrected chi connectivity index (χ1v) is 9.60. The first-order chi connectivity index (χ1) is 12.8. The first kappa shape index (κ1) is 14.5. The minimum Gasteiger partial charge on any atom is -0.378 e. The quantitative estimate of drug-likeness (QED) is 0.476. The number of ether oxygens (including phenoxy) is 1. The lowest BCUT2D eigenvalue weighted by molar-refractivity contribution is 0.0841. The molecule has 26 heavy (non-hydrogen) atoms. The van der Waals surface area contributed by atoms with Gasteiger partial charge in [-0.3, -0.25) is 5.10 Å². The number of nitrogens with two attached hydrogens (primary N) is 1. The third-order valence-corrected chi connectivity index (χ3v) is 6.46. The SMILES string of the molecule is Nc1nc2ccc([C@@H]3Nc4ccc5[nH]ncc5c4[C@H]4OCC[C@H]43)cc2s1. The predicted molar refractivity (Wildman–Crippen MR) is 103 cm³/mol. The van der Waals surface area contributed by atoms with E-state index in [0.29, 0.717) is 11.0 Å². The molecule has 4 heterocycles. The fraction of sp³-hybridized carbons (Fsp3) is 0.263. The number of aromatic amines is 1. The average molecular weight is 363 g/mol. The summed E-state index contributed by atoms with van der Waals surface area (Å²) in [6.07, 6.45) is 3.04. The molecule has 0 saturated carbocycles. The molecular weight excluding hydrogens is 346 g/mol. The van der Waals surface area contributed by atoms with E-state index in [0.717, 1.165) is 39.8 Å². The van der Waals surface area contributed by atoms with E-state index in [4.69, 9.17) is 10.5 Å². The summed E-state index contributed by atoms with van der Waals surface area (Å²) in [7, 11) is 0. The van der Waals surface area contributed by atoms with Gasteiger partial charge in [-0.25, -0.2) is 4.98 Å². The highest BCUT2D eigenvalue weighted by Crippen LogP contribution is 2.51. The fourth-order valence-corrected chi connectivity index (χ4v) is 5.26. The standard InChI is InChI=1S/C19H17N5OS/c20-19-23-13-2-1-9(7-15(13)26-19)17-10-5-6-25-18(10)16-11-8-21-24-12(11)3-4-14(16)22-17/h1-4,7-8,10,17-18,22H,5-6H2,(H2,20,23)(H,21,24)/t10-,17-,18-/m0/s1. The zero-order valence-corrected chi connectivity index (χ0v) is 14.7. The zero-order chi connectivity index (χ0) is 17.3. The van der Waals surface area contributed by atoms with Crippen LogP contribution in [-0.2, 0) is 4.74 Å². The van der Waals surface area contributed by atoms with Crippen LogP contribution in [0.5, 0.6) is 0 Å². The maximum Gasteiger partial charge on any atom is 0.181 e. The van der Waals surface area contributed by atoms with Gasteiger partial charge in [-0.15, -0.1) is 0 Å². The van der Waals surface area contributed by atoms with Crippen LogP contribution in [0, 0.1) is 5.92 Å². The number of fused-ring (bicyclic) bond motifs is 6. The smallest absolute Gasteiger partial charge is 0.181 e. The number of hydrogen-bond donors (Lipinski definition) is 3. The summed E-state index contributed by atoms with van der Waals surface area (Å²) in [5.74, 6) is 0.394. The Hall–Kier alpha value is -2.64. The second kappa shape index (κ2) is 5.18. The number of nitrogens with one attached hydrogen (secondary N) is 2. The van der Waals surface area contributed by atoms with Gasteiger partial charge in [0.15, 0.2) is 5.13 Å². The summed E-state index contributed by atoms with van der Waals surface area (Å²) in [4.78, 5) is 4.37. The molecule has 7 heteroatoms. The molecule has 0 amide bonds. The molecule has 0 spiro atoms. The van der Waals surface area contributed by atoms with Crippen molar-refractivity contribution in [3.63, 3.8) is 0 Å². The van der Waals surface area contributed by atoms with Crippen molar-refractivity contribution in [2.24, 2.45) is 5.92 Å². The van der Waals surface area contributed by atoms with Crippen molar-refractivity contribution >= 4 is 43.3 Å². The predicted octanol–water partition coefficient (Wildman–Crippen LogP) is 4.00. The summed E-state index contributed by atoms with van der Waals surface area (Å²) in [6, 6.07) is 10.9. The molecule has 2 aliphatic heterocycles. The van der Waals surface area contributed by atoms with Gasteiger partial charge in [-0.2, -0.15) is 5.10 Å². The number of anilines is 2. The molecule has 4 N–H and O–H groups in total. The molecule has 4 aromatic rings. The highest BCUT2D eigenvalue weighted by Gasteiger charge is 2.42. The second-order valence-electron chi connectivity index (χ2n) is 7.00. The van der Waals surface area contributed by atoms with Crippen molar-refractivity contribution in [2.45, 2.75) is 18.6 Å². The monoisotopic (exact) mass is 363 g/mol. The number of thiazole rings is 1. The van der Waals surface area contributed by atoms with E-state index < -0.39 is 0 Å². The molecule has 2 aromatic carbocycles. The highest BCUT2D eigenvalue weighted by molar-refractivity contribution is 7.22. The van der Waals surface area contributed by atoms with Crippen molar-refractivity contribution < 1.29 is 4.74 Å². The molecule has 1 saturated heterocycles. The minimum atomic E-state index is 0.0970. The van der Waals surface area contributed by atoms with Gasteiger partial charge >= 0.3 is 0 Å². The van der Waals surface area contributed by atoms with Gasteiger partial charge in [0.1, 0.15) is 0 Å². The molecule has 6 nitrogen and oxygen atoms in total. The molecule has 0 bridgehead atoms. The second-order valence-corrected chi connectivity index (χ2v) is 8.07. The normalized spacial score (nSPS) is 24.5. The van der Waals surface area contributed by atoms with Crippen molar-refractivity contribution in [1.29, 1.82) is 0 Å². The van der Waals surface area contributed by atoms with E-state index >= 15 is 0 Å². The zero-order valence-electron chi connectivity index (χ0n) is 13.9. The van der Waals surface area contributed by atoms with Crippen LogP contribution >= 0.6 is 11.3 Å². The van der Waals surface area contributed by atoms with Crippen molar-refractivity contribution in [1.82, 2.24) is 15.2 Å². The lowest BCUT2D eigenvalue weighted by Crippen LogP contribution is -2.29. The van der Waals surface area contributed by atoms with Crippen molar-refractivity contribution in [3.05, 3.63) is 47.7 Å². The third-order valence-electron chi connectivity index (χ3n) is 5.62. The van der Waals surface area contributed by atoms with E-state index in [1.54, 1.807) is 0 Å². The lowest BCUT2D eigenvalue weighted by atomic mass is 9.80. The molecule has 0 aliphatic carbocycles. The summed E-state index contributed by atoms with van der Waals surface area (Å²) >= 11 is 1.54. The highest BCUT2D eigenvalue weighted by atomic mass is 32.1. The molecule has 1 fully saturated rings. The Morgan fingerprint density at radius 1 is 1.23 bits per heavy atom. The molecule has 0 radical (unpaired) electrons.